The maximum Gasteiger partial charge on any atom is 0.225 e. The van der Waals surface area contributed by atoms with Crippen molar-refractivity contribution in [3.05, 3.63) is 18.5 Å². The van der Waals surface area contributed by atoms with E-state index in [1.54, 1.807) is 12.4 Å². The molecule has 2 heterocycles. The number of amides is 1. The van der Waals surface area contributed by atoms with Gasteiger partial charge in [0.1, 0.15) is 0 Å². The third-order valence-electron chi connectivity index (χ3n) is 3.96. The highest BCUT2D eigenvalue weighted by atomic mass is 35.5. The van der Waals surface area contributed by atoms with Crippen LogP contribution in [0.15, 0.2) is 18.5 Å². The van der Waals surface area contributed by atoms with Gasteiger partial charge in [-0.25, -0.2) is 9.97 Å². The normalized spacial score (nSPS) is 14.6. The van der Waals surface area contributed by atoms with Gasteiger partial charge in [0, 0.05) is 45.0 Å². The van der Waals surface area contributed by atoms with Gasteiger partial charge in [-0.3, -0.25) is 4.79 Å². The zero-order valence-corrected chi connectivity index (χ0v) is 14.2. The Kier molecular flexibility index (Phi) is 8.82. The number of unbranched alkanes of at least 4 members (excludes halogenated alkanes) is 4. The van der Waals surface area contributed by atoms with Crippen LogP contribution in [-0.2, 0) is 4.79 Å². The van der Waals surface area contributed by atoms with Crippen molar-refractivity contribution in [3.63, 3.8) is 0 Å². The number of hydrogen-bond donors (Lipinski definition) is 0. The van der Waals surface area contributed by atoms with Gasteiger partial charge in [0.2, 0.25) is 11.9 Å². The van der Waals surface area contributed by atoms with Gasteiger partial charge in [-0.1, -0.05) is 32.6 Å². The van der Waals surface area contributed by atoms with Crippen molar-refractivity contribution in [1.82, 2.24) is 14.9 Å². The molecule has 0 aliphatic carbocycles. The molecular formula is C16H27ClN4O. The third-order valence-corrected chi connectivity index (χ3v) is 3.96. The highest BCUT2D eigenvalue weighted by molar-refractivity contribution is 5.85. The second-order valence-corrected chi connectivity index (χ2v) is 5.58. The molecule has 0 bridgehead atoms. The zero-order chi connectivity index (χ0) is 14.9. The van der Waals surface area contributed by atoms with Crippen LogP contribution in [-0.4, -0.2) is 47.0 Å². The summed E-state index contributed by atoms with van der Waals surface area (Å²) in [5, 5.41) is 0. The minimum Gasteiger partial charge on any atom is -0.339 e. The van der Waals surface area contributed by atoms with Gasteiger partial charge in [-0.15, -0.1) is 12.4 Å². The summed E-state index contributed by atoms with van der Waals surface area (Å²) < 4.78 is 0. The molecule has 1 aromatic heterocycles. The standard InChI is InChI=1S/C16H26N4O.ClH/c1-2-3-4-5-6-8-15(21)19-11-13-20(14-12-19)16-17-9-7-10-18-16;/h7,9-10H,2-6,8,11-14H2,1H3;1H. The molecule has 0 aromatic carbocycles. The molecule has 124 valence electrons. The zero-order valence-electron chi connectivity index (χ0n) is 13.4. The Balaban J connectivity index is 0.00000242. The fourth-order valence-corrected chi connectivity index (χ4v) is 2.65. The van der Waals surface area contributed by atoms with Gasteiger partial charge in [-0.05, 0) is 12.5 Å². The summed E-state index contributed by atoms with van der Waals surface area (Å²) in [7, 11) is 0. The first kappa shape index (κ1) is 18.7. The number of rotatable bonds is 7. The molecule has 0 saturated carbocycles. The Hall–Kier alpha value is -1.36. The largest absolute Gasteiger partial charge is 0.339 e. The second-order valence-electron chi connectivity index (χ2n) is 5.58. The van der Waals surface area contributed by atoms with Gasteiger partial charge >= 0.3 is 0 Å². The minimum absolute atomic E-state index is 0. The molecule has 1 aliphatic rings. The van der Waals surface area contributed by atoms with Crippen molar-refractivity contribution in [2.24, 2.45) is 0 Å². The average molecular weight is 327 g/mol. The second kappa shape index (κ2) is 10.4. The van der Waals surface area contributed by atoms with Crippen molar-refractivity contribution in [2.75, 3.05) is 31.1 Å². The number of piperazine rings is 1. The fraction of sp³-hybridized carbons (Fsp3) is 0.688. The van der Waals surface area contributed by atoms with Crippen LogP contribution in [0.3, 0.4) is 0 Å². The van der Waals surface area contributed by atoms with E-state index in [1.807, 2.05) is 11.0 Å². The first-order valence-electron chi connectivity index (χ1n) is 8.11. The predicted molar refractivity (Wildman–Crippen MR) is 91.4 cm³/mol. The molecule has 0 unspecified atom stereocenters. The summed E-state index contributed by atoms with van der Waals surface area (Å²) in [6, 6.07) is 1.82. The SMILES string of the molecule is CCCCCCCC(=O)N1CCN(c2ncccn2)CC1.Cl. The first-order chi connectivity index (χ1) is 10.3. The molecule has 0 radical (unpaired) electrons. The maximum absolute atomic E-state index is 12.2. The smallest absolute Gasteiger partial charge is 0.225 e. The number of carbonyl (C=O) groups is 1. The molecular weight excluding hydrogens is 300 g/mol. The topological polar surface area (TPSA) is 49.3 Å². The molecule has 1 amide bonds. The quantitative estimate of drug-likeness (QED) is 0.723. The minimum atomic E-state index is 0. The summed E-state index contributed by atoms with van der Waals surface area (Å²) in [5.41, 5.74) is 0. The Morgan fingerprint density at radius 1 is 1.05 bits per heavy atom. The molecule has 5 nitrogen and oxygen atoms in total. The lowest BCUT2D eigenvalue weighted by molar-refractivity contribution is -0.131. The molecule has 6 heteroatoms. The highest BCUT2D eigenvalue weighted by Crippen LogP contribution is 2.12. The van der Waals surface area contributed by atoms with E-state index in [2.05, 4.69) is 21.8 Å². The van der Waals surface area contributed by atoms with E-state index in [9.17, 15) is 4.79 Å². The number of carbonyl (C=O) groups excluding carboxylic acids is 1. The summed E-state index contributed by atoms with van der Waals surface area (Å²) in [5.74, 6) is 1.07. The summed E-state index contributed by atoms with van der Waals surface area (Å²) in [4.78, 5) is 24.8. The van der Waals surface area contributed by atoms with Crippen molar-refractivity contribution < 1.29 is 4.79 Å². The Morgan fingerprint density at radius 2 is 1.68 bits per heavy atom. The van der Waals surface area contributed by atoms with Gasteiger partial charge in [-0.2, -0.15) is 0 Å². The van der Waals surface area contributed by atoms with Crippen LogP contribution in [0.5, 0.6) is 0 Å². The number of anilines is 1. The van der Waals surface area contributed by atoms with E-state index in [-0.39, 0.29) is 12.4 Å². The lowest BCUT2D eigenvalue weighted by Gasteiger charge is -2.34. The molecule has 1 aliphatic heterocycles. The molecule has 0 N–H and O–H groups in total. The Labute approximate surface area is 139 Å². The number of aromatic nitrogens is 2. The van der Waals surface area contributed by atoms with Crippen LogP contribution < -0.4 is 4.90 Å². The predicted octanol–water partition coefficient (Wildman–Crippen LogP) is 2.91. The van der Waals surface area contributed by atoms with Crippen LogP contribution in [0.25, 0.3) is 0 Å². The maximum atomic E-state index is 12.2. The highest BCUT2D eigenvalue weighted by Gasteiger charge is 2.21. The summed E-state index contributed by atoms with van der Waals surface area (Å²) in [6.45, 7) is 5.43. The van der Waals surface area contributed by atoms with E-state index in [0.29, 0.717) is 12.3 Å². The van der Waals surface area contributed by atoms with Crippen molar-refractivity contribution in [2.45, 2.75) is 45.4 Å². The van der Waals surface area contributed by atoms with Crippen LogP contribution >= 0.6 is 12.4 Å². The monoisotopic (exact) mass is 326 g/mol. The van der Waals surface area contributed by atoms with Gasteiger partial charge in [0.05, 0.1) is 0 Å². The van der Waals surface area contributed by atoms with E-state index in [1.165, 1.54) is 25.7 Å². The van der Waals surface area contributed by atoms with E-state index in [4.69, 9.17) is 0 Å². The van der Waals surface area contributed by atoms with E-state index < -0.39 is 0 Å². The Bertz CT molecular complexity index is 421. The molecule has 1 saturated heterocycles. The molecule has 0 spiro atoms. The molecule has 2 rings (SSSR count). The fourth-order valence-electron chi connectivity index (χ4n) is 2.65. The van der Waals surface area contributed by atoms with Crippen molar-refractivity contribution in [3.8, 4) is 0 Å². The lowest BCUT2D eigenvalue weighted by atomic mass is 10.1. The average Bonchev–Trinajstić information content (AvgIpc) is 2.55. The lowest BCUT2D eigenvalue weighted by Crippen LogP contribution is -2.49. The first-order valence-corrected chi connectivity index (χ1v) is 8.11. The van der Waals surface area contributed by atoms with Crippen LogP contribution in [0, 0.1) is 0 Å². The molecule has 1 fully saturated rings. The van der Waals surface area contributed by atoms with E-state index in [0.717, 1.165) is 38.5 Å². The van der Waals surface area contributed by atoms with Crippen LogP contribution in [0.1, 0.15) is 45.4 Å². The third kappa shape index (κ3) is 5.79. The van der Waals surface area contributed by atoms with Gasteiger partial charge < -0.3 is 9.80 Å². The van der Waals surface area contributed by atoms with Gasteiger partial charge in [0.25, 0.3) is 0 Å². The summed E-state index contributed by atoms with van der Waals surface area (Å²) >= 11 is 0. The molecule has 0 atom stereocenters. The van der Waals surface area contributed by atoms with Crippen molar-refractivity contribution >= 4 is 24.3 Å². The van der Waals surface area contributed by atoms with Crippen LogP contribution in [0.2, 0.25) is 0 Å². The number of nitrogens with zero attached hydrogens (tertiary/aromatic N) is 4. The summed E-state index contributed by atoms with van der Waals surface area (Å²) in [6.07, 6.45) is 10.2. The molecule has 22 heavy (non-hydrogen) atoms. The van der Waals surface area contributed by atoms with Gasteiger partial charge in [0.15, 0.2) is 0 Å². The molecule has 1 aromatic rings. The van der Waals surface area contributed by atoms with E-state index >= 15 is 0 Å². The van der Waals surface area contributed by atoms with Crippen LogP contribution in [0.4, 0.5) is 5.95 Å². The Morgan fingerprint density at radius 3 is 2.32 bits per heavy atom. The van der Waals surface area contributed by atoms with Crippen molar-refractivity contribution in [1.29, 1.82) is 0 Å². The number of hydrogen-bond acceptors (Lipinski definition) is 4. The number of halogens is 1.